The minimum atomic E-state index is -1.30. The van der Waals surface area contributed by atoms with Crippen LogP contribution in [0, 0.1) is 0 Å². The van der Waals surface area contributed by atoms with Gasteiger partial charge >= 0.3 is 0 Å². The zero-order chi connectivity index (χ0) is 18.1. The molecule has 25 heavy (non-hydrogen) atoms. The standard InChI is InChI=1S/C20H18O5/c1-2-12-24-18-5-3-4-15(13-18)6-11-19(21)16-7-9-17(10-8-16)25-14-20(22)23/h2-11,13H,1,12,14H2,(H,22,23)/p-1/b11-6+. The molecule has 0 aliphatic rings. The minimum absolute atomic E-state index is 0.177. The Hall–Kier alpha value is -3.34. The maximum atomic E-state index is 12.2. The van der Waals surface area contributed by atoms with Crippen LogP contribution in [0.4, 0.5) is 0 Å². The molecular formula is C20H17O5-. The molecule has 5 nitrogen and oxygen atoms in total. The third kappa shape index (κ3) is 5.99. The Labute approximate surface area is 145 Å². The number of hydrogen-bond acceptors (Lipinski definition) is 5. The Morgan fingerprint density at radius 3 is 2.48 bits per heavy atom. The van der Waals surface area contributed by atoms with Gasteiger partial charge in [-0.05, 0) is 48.0 Å². The molecule has 2 aromatic rings. The van der Waals surface area contributed by atoms with Crippen LogP contribution < -0.4 is 14.6 Å². The Balaban J connectivity index is 2.00. The highest BCUT2D eigenvalue weighted by molar-refractivity contribution is 6.06. The van der Waals surface area contributed by atoms with E-state index >= 15 is 0 Å². The van der Waals surface area contributed by atoms with Crippen molar-refractivity contribution in [3.63, 3.8) is 0 Å². The van der Waals surface area contributed by atoms with E-state index in [1.54, 1.807) is 24.3 Å². The highest BCUT2D eigenvalue weighted by Gasteiger charge is 2.03. The molecule has 0 N–H and O–H groups in total. The molecule has 0 aliphatic heterocycles. The monoisotopic (exact) mass is 337 g/mol. The topological polar surface area (TPSA) is 75.7 Å². The van der Waals surface area contributed by atoms with Crippen molar-refractivity contribution in [3.8, 4) is 11.5 Å². The highest BCUT2D eigenvalue weighted by atomic mass is 16.5. The van der Waals surface area contributed by atoms with Gasteiger partial charge in [-0.25, -0.2) is 0 Å². The van der Waals surface area contributed by atoms with Crippen molar-refractivity contribution < 1.29 is 24.2 Å². The number of ether oxygens (including phenoxy) is 2. The summed E-state index contributed by atoms with van der Waals surface area (Å²) in [6.07, 6.45) is 4.82. The van der Waals surface area contributed by atoms with Crippen LogP contribution in [0.15, 0.2) is 67.3 Å². The lowest BCUT2D eigenvalue weighted by Crippen LogP contribution is -2.28. The summed E-state index contributed by atoms with van der Waals surface area (Å²) in [4.78, 5) is 22.5. The molecule has 0 aromatic heterocycles. The van der Waals surface area contributed by atoms with Crippen LogP contribution in [0.3, 0.4) is 0 Å². The second-order valence-corrected chi connectivity index (χ2v) is 5.05. The van der Waals surface area contributed by atoms with E-state index in [4.69, 9.17) is 9.47 Å². The molecule has 5 heteroatoms. The molecule has 2 aromatic carbocycles. The summed E-state index contributed by atoms with van der Waals surface area (Å²) in [7, 11) is 0. The molecule has 0 fully saturated rings. The summed E-state index contributed by atoms with van der Waals surface area (Å²) < 4.78 is 10.4. The van der Waals surface area contributed by atoms with E-state index in [0.717, 1.165) is 5.56 Å². The second kappa shape index (κ2) is 9.08. The second-order valence-electron chi connectivity index (χ2n) is 5.05. The number of carbonyl (C=O) groups is 2. The SMILES string of the molecule is C=CCOc1cccc(/C=C/C(=O)c2ccc(OCC(=O)[O-])cc2)c1. The van der Waals surface area contributed by atoms with Gasteiger partial charge in [0.05, 0.1) is 5.97 Å². The van der Waals surface area contributed by atoms with Gasteiger partial charge in [0, 0.05) is 5.56 Å². The van der Waals surface area contributed by atoms with E-state index in [1.165, 1.54) is 18.2 Å². The van der Waals surface area contributed by atoms with Gasteiger partial charge in [-0.15, -0.1) is 0 Å². The molecule has 0 heterocycles. The lowest BCUT2D eigenvalue weighted by molar-refractivity contribution is -0.307. The molecule has 0 bridgehead atoms. The zero-order valence-electron chi connectivity index (χ0n) is 13.5. The number of carboxylic acids is 1. The summed E-state index contributed by atoms with van der Waals surface area (Å²) in [5, 5.41) is 10.3. The van der Waals surface area contributed by atoms with Gasteiger partial charge in [0.1, 0.15) is 24.7 Å². The van der Waals surface area contributed by atoms with E-state index in [0.29, 0.717) is 23.7 Å². The van der Waals surface area contributed by atoms with Crippen molar-refractivity contribution in [2.24, 2.45) is 0 Å². The Kier molecular flexibility index (Phi) is 6.54. The molecule has 0 radical (unpaired) electrons. The average Bonchev–Trinajstić information content (AvgIpc) is 2.63. The molecular weight excluding hydrogens is 320 g/mol. The van der Waals surface area contributed by atoms with Gasteiger partial charge in [-0.1, -0.05) is 30.9 Å². The summed E-state index contributed by atoms with van der Waals surface area (Å²) in [5.74, 6) is -0.424. The number of carbonyl (C=O) groups excluding carboxylic acids is 2. The smallest absolute Gasteiger partial charge is 0.185 e. The van der Waals surface area contributed by atoms with Gasteiger partial charge in [-0.3, -0.25) is 4.79 Å². The van der Waals surface area contributed by atoms with Gasteiger partial charge < -0.3 is 19.4 Å². The number of carboxylic acid groups (broad SMARTS) is 1. The molecule has 0 atom stereocenters. The van der Waals surface area contributed by atoms with Crippen LogP contribution in [0.2, 0.25) is 0 Å². The fourth-order valence-electron chi connectivity index (χ4n) is 1.99. The minimum Gasteiger partial charge on any atom is -0.546 e. The van der Waals surface area contributed by atoms with Crippen LogP contribution in [0.1, 0.15) is 15.9 Å². The number of allylic oxidation sites excluding steroid dienone is 1. The van der Waals surface area contributed by atoms with Crippen molar-refractivity contribution >= 4 is 17.8 Å². The molecule has 0 saturated carbocycles. The third-order valence-electron chi connectivity index (χ3n) is 3.15. The van der Waals surface area contributed by atoms with Gasteiger partial charge in [-0.2, -0.15) is 0 Å². The lowest BCUT2D eigenvalue weighted by atomic mass is 10.1. The Bertz CT molecular complexity index is 775. The molecule has 0 spiro atoms. The largest absolute Gasteiger partial charge is 0.546 e. The molecule has 128 valence electrons. The van der Waals surface area contributed by atoms with E-state index < -0.39 is 12.6 Å². The quantitative estimate of drug-likeness (QED) is 0.399. The van der Waals surface area contributed by atoms with Crippen LogP contribution in [-0.4, -0.2) is 25.0 Å². The number of aliphatic carboxylic acids is 1. The van der Waals surface area contributed by atoms with Gasteiger partial charge in [0.25, 0.3) is 0 Å². The Morgan fingerprint density at radius 2 is 1.80 bits per heavy atom. The van der Waals surface area contributed by atoms with E-state index in [-0.39, 0.29) is 5.78 Å². The van der Waals surface area contributed by atoms with Crippen LogP contribution in [0.25, 0.3) is 6.08 Å². The maximum absolute atomic E-state index is 12.2. The summed E-state index contributed by atoms with van der Waals surface area (Å²) in [6, 6.07) is 13.6. The first-order chi connectivity index (χ1) is 12.1. The molecule has 0 unspecified atom stereocenters. The van der Waals surface area contributed by atoms with Gasteiger partial charge in [0.2, 0.25) is 0 Å². The van der Waals surface area contributed by atoms with Crippen LogP contribution in [0.5, 0.6) is 11.5 Å². The number of rotatable bonds is 9. The number of hydrogen-bond donors (Lipinski definition) is 0. The number of ketones is 1. The predicted octanol–water partition coefficient (Wildman–Crippen LogP) is 2.28. The van der Waals surface area contributed by atoms with Crippen molar-refractivity contribution in [1.29, 1.82) is 0 Å². The van der Waals surface area contributed by atoms with Crippen LogP contribution in [-0.2, 0) is 4.79 Å². The summed E-state index contributed by atoms with van der Waals surface area (Å²) >= 11 is 0. The highest BCUT2D eigenvalue weighted by Crippen LogP contribution is 2.16. The van der Waals surface area contributed by atoms with Crippen molar-refractivity contribution in [2.45, 2.75) is 0 Å². The maximum Gasteiger partial charge on any atom is 0.185 e. The predicted molar refractivity (Wildman–Crippen MR) is 92.4 cm³/mol. The number of benzene rings is 2. The average molecular weight is 337 g/mol. The fourth-order valence-corrected chi connectivity index (χ4v) is 1.99. The normalized spacial score (nSPS) is 10.4. The molecule has 0 amide bonds. The molecule has 0 saturated heterocycles. The molecule has 2 rings (SSSR count). The van der Waals surface area contributed by atoms with E-state index in [1.807, 2.05) is 24.3 Å². The van der Waals surface area contributed by atoms with E-state index in [2.05, 4.69) is 6.58 Å². The van der Waals surface area contributed by atoms with Crippen molar-refractivity contribution in [2.75, 3.05) is 13.2 Å². The first-order valence-electron chi connectivity index (χ1n) is 7.57. The first-order valence-corrected chi connectivity index (χ1v) is 7.57. The van der Waals surface area contributed by atoms with Crippen molar-refractivity contribution in [1.82, 2.24) is 0 Å². The zero-order valence-corrected chi connectivity index (χ0v) is 13.5. The first kappa shape index (κ1) is 18.0. The van der Waals surface area contributed by atoms with Crippen molar-refractivity contribution in [3.05, 3.63) is 78.4 Å². The van der Waals surface area contributed by atoms with Gasteiger partial charge in [0.15, 0.2) is 5.78 Å². The molecule has 0 aliphatic carbocycles. The Morgan fingerprint density at radius 1 is 1.04 bits per heavy atom. The fraction of sp³-hybridized carbons (Fsp3) is 0.100. The lowest BCUT2D eigenvalue weighted by Gasteiger charge is -2.06. The van der Waals surface area contributed by atoms with E-state index in [9.17, 15) is 14.7 Å². The summed E-state index contributed by atoms with van der Waals surface area (Å²) in [6.45, 7) is 3.48. The van der Waals surface area contributed by atoms with Crippen LogP contribution >= 0.6 is 0 Å². The summed E-state index contributed by atoms with van der Waals surface area (Å²) in [5.41, 5.74) is 1.31. The third-order valence-corrected chi connectivity index (χ3v) is 3.15.